The molecular formula is C34H42N2O3. The number of nitrogens with zero attached hydrogens (tertiary/aromatic N) is 1. The summed E-state index contributed by atoms with van der Waals surface area (Å²) in [6.45, 7) is 6.54. The van der Waals surface area contributed by atoms with Crippen LogP contribution in [0.15, 0.2) is 78.9 Å². The van der Waals surface area contributed by atoms with Gasteiger partial charge >= 0.3 is 0 Å². The van der Waals surface area contributed by atoms with Crippen LogP contribution in [0, 0.1) is 6.92 Å². The Kier molecular flexibility index (Phi) is 10.2. The molecule has 0 radical (unpaired) electrons. The summed E-state index contributed by atoms with van der Waals surface area (Å²) in [5.41, 5.74) is 4.38. The number of benzene rings is 3. The number of hydrogen-bond donors (Lipinski definition) is 1. The van der Waals surface area contributed by atoms with E-state index in [1.54, 1.807) is 4.90 Å². The van der Waals surface area contributed by atoms with Gasteiger partial charge in [0.2, 0.25) is 5.91 Å². The van der Waals surface area contributed by atoms with Gasteiger partial charge in [0.05, 0.1) is 0 Å². The van der Waals surface area contributed by atoms with E-state index in [2.05, 4.69) is 19.2 Å². The van der Waals surface area contributed by atoms with Crippen LogP contribution < -0.4 is 10.1 Å². The van der Waals surface area contributed by atoms with Crippen molar-refractivity contribution in [2.45, 2.75) is 83.8 Å². The summed E-state index contributed by atoms with van der Waals surface area (Å²) in [6, 6.07) is 25.5. The number of carbonyl (C=O) groups excluding carboxylic acids is 2. The van der Waals surface area contributed by atoms with E-state index in [1.165, 1.54) is 12.0 Å². The SMILES string of the molecule is Cc1ccc(CN(C(=O)COc2ccc(C(C)C)cc2)[C@@H](Cc2ccccc2)C(=O)NC2CCCCC2)cc1. The highest BCUT2D eigenvalue weighted by molar-refractivity contribution is 5.88. The van der Waals surface area contributed by atoms with Gasteiger partial charge in [-0.3, -0.25) is 9.59 Å². The van der Waals surface area contributed by atoms with Gasteiger partial charge < -0.3 is 15.0 Å². The van der Waals surface area contributed by atoms with E-state index < -0.39 is 6.04 Å². The van der Waals surface area contributed by atoms with Crippen molar-refractivity contribution in [3.63, 3.8) is 0 Å². The second kappa shape index (κ2) is 14.0. The molecule has 1 aliphatic carbocycles. The minimum absolute atomic E-state index is 0.0903. The molecule has 0 bridgehead atoms. The fourth-order valence-electron chi connectivity index (χ4n) is 5.17. The van der Waals surface area contributed by atoms with Crippen LogP contribution in [-0.4, -0.2) is 35.4 Å². The van der Waals surface area contributed by atoms with Gasteiger partial charge in [0, 0.05) is 19.0 Å². The van der Waals surface area contributed by atoms with Crippen molar-refractivity contribution in [1.82, 2.24) is 10.2 Å². The number of ether oxygens (including phenoxy) is 1. The number of amides is 2. The Morgan fingerprint density at radius 3 is 2.18 bits per heavy atom. The number of rotatable bonds is 11. The summed E-state index contributed by atoms with van der Waals surface area (Å²) in [5, 5.41) is 3.29. The fraction of sp³-hybridized carbons (Fsp3) is 0.412. The topological polar surface area (TPSA) is 58.6 Å². The molecule has 1 atom stereocenters. The minimum Gasteiger partial charge on any atom is -0.484 e. The molecule has 0 saturated heterocycles. The first-order valence-corrected chi connectivity index (χ1v) is 14.3. The van der Waals surface area contributed by atoms with Crippen LogP contribution in [0.4, 0.5) is 0 Å². The highest BCUT2D eigenvalue weighted by atomic mass is 16.5. The van der Waals surface area contributed by atoms with Crippen molar-refractivity contribution >= 4 is 11.8 Å². The Morgan fingerprint density at radius 1 is 0.872 bits per heavy atom. The Balaban J connectivity index is 1.58. The molecule has 3 aromatic rings. The summed E-state index contributed by atoms with van der Waals surface area (Å²) in [6.07, 6.45) is 5.90. The lowest BCUT2D eigenvalue weighted by molar-refractivity contribution is -0.143. The standard InChI is InChI=1S/C34H42N2O3/c1-25(2)29-18-20-31(21-19-29)39-24-33(37)36(23-28-16-14-26(3)15-17-28)32(22-27-10-6-4-7-11-27)34(38)35-30-12-8-5-9-13-30/h4,6-7,10-11,14-21,25,30,32H,5,8-9,12-13,22-24H2,1-3H3,(H,35,38)/t32-/m0/s1. The van der Waals surface area contributed by atoms with E-state index in [1.807, 2.05) is 85.8 Å². The molecule has 39 heavy (non-hydrogen) atoms. The lowest BCUT2D eigenvalue weighted by atomic mass is 9.94. The molecule has 1 aliphatic rings. The third-order valence-corrected chi connectivity index (χ3v) is 7.61. The van der Waals surface area contributed by atoms with Crippen LogP contribution in [0.1, 0.15) is 74.1 Å². The maximum atomic E-state index is 13.8. The summed E-state index contributed by atoms with van der Waals surface area (Å²) in [7, 11) is 0. The molecule has 1 saturated carbocycles. The molecule has 0 aliphatic heterocycles. The van der Waals surface area contributed by atoms with E-state index >= 15 is 0 Å². The maximum Gasteiger partial charge on any atom is 0.261 e. The summed E-state index contributed by atoms with van der Waals surface area (Å²) < 4.78 is 5.95. The van der Waals surface area contributed by atoms with E-state index in [0.717, 1.165) is 42.4 Å². The molecule has 1 fully saturated rings. The highest BCUT2D eigenvalue weighted by Crippen LogP contribution is 2.21. The average molecular weight is 527 g/mol. The summed E-state index contributed by atoms with van der Waals surface area (Å²) in [4.78, 5) is 29.4. The molecule has 0 spiro atoms. The summed E-state index contributed by atoms with van der Waals surface area (Å²) >= 11 is 0. The first kappa shape index (κ1) is 28.4. The Hall–Kier alpha value is -3.60. The zero-order valence-corrected chi connectivity index (χ0v) is 23.6. The molecule has 2 amide bonds. The van der Waals surface area contributed by atoms with Gasteiger partial charge in [0.1, 0.15) is 11.8 Å². The molecule has 3 aromatic carbocycles. The number of nitrogens with one attached hydrogen (secondary N) is 1. The van der Waals surface area contributed by atoms with Crippen molar-refractivity contribution in [3.8, 4) is 5.75 Å². The fourth-order valence-corrected chi connectivity index (χ4v) is 5.17. The molecular weight excluding hydrogens is 484 g/mol. The van der Waals surface area contributed by atoms with Crippen molar-refractivity contribution in [2.24, 2.45) is 0 Å². The Labute approximate surface area is 233 Å². The van der Waals surface area contributed by atoms with E-state index in [4.69, 9.17) is 4.74 Å². The van der Waals surface area contributed by atoms with Crippen LogP contribution in [-0.2, 0) is 22.6 Å². The molecule has 5 heteroatoms. The third-order valence-electron chi connectivity index (χ3n) is 7.61. The van der Waals surface area contributed by atoms with Gasteiger partial charge in [-0.2, -0.15) is 0 Å². The van der Waals surface area contributed by atoms with Crippen LogP contribution >= 0.6 is 0 Å². The zero-order chi connectivity index (χ0) is 27.6. The Bertz CT molecular complexity index is 1180. The molecule has 0 unspecified atom stereocenters. The van der Waals surface area contributed by atoms with Crippen LogP contribution in [0.25, 0.3) is 0 Å². The second-order valence-corrected chi connectivity index (χ2v) is 11.1. The predicted molar refractivity (Wildman–Crippen MR) is 157 cm³/mol. The van der Waals surface area contributed by atoms with Gasteiger partial charge in [-0.15, -0.1) is 0 Å². The molecule has 1 N–H and O–H groups in total. The normalized spacial score (nSPS) is 14.6. The van der Waals surface area contributed by atoms with Gasteiger partial charge in [0.25, 0.3) is 5.91 Å². The van der Waals surface area contributed by atoms with Crippen molar-refractivity contribution in [2.75, 3.05) is 6.61 Å². The van der Waals surface area contributed by atoms with Crippen LogP contribution in [0.3, 0.4) is 0 Å². The van der Waals surface area contributed by atoms with Crippen molar-refractivity contribution in [1.29, 1.82) is 0 Å². The van der Waals surface area contributed by atoms with Crippen LogP contribution in [0.2, 0.25) is 0 Å². The molecule has 206 valence electrons. The van der Waals surface area contributed by atoms with E-state index in [0.29, 0.717) is 24.6 Å². The minimum atomic E-state index is -0.643. The molecule has 0 heterocycles. The predicted octanol–water partition coefficient (Wildman–Crippen LogP) is 6.59. The number of aryl methyl sites for hydroxylation is 1. The second-order valence-electron chi connectivity index (χ2n) is 11.1. The van der Waals surface area contributed by atoms with Crippen molar-refractivity contribution < 1.29 is 14.3 Å². The largest absolute Gasteiger partial charge is 0.484 e. The highest BCUT2D eigenvalue weighted by Gasteiger charge is 2.32. The monoisotopic (exact) mass is 526 g/mol. The first-order chi connectivity index (χ1) is 18.9. The first-order valence-electron chi connectivity index (χ1n) is 14.3. The smallest absolute Gasteiger partial charge is 0.261 e. The Morgan fingerprint density at radius 2 is 1.54 bits per heavy atom. The lowest BCUT2D eigenvalue weighted by Crippen LogP contribution is -2.53. The van der Waals surface area contributed by atoms with E-state index in [9.17, 15) is 9.59 Å². The average Bonchev–Trinajstić information content (AvgIpc) is 2.96. The molecule has 5 nitrogen and oxygen atoms in total. The summed E-state index contributed by atoms with van der Waals surface area (Å²) in [5.74, 6) is 0.775. The van der Waals surface area contributed by atoms with Gasteiger partial charge in [-0.1, -0.05) is 105 Å². The quantitative estimate of drug-likeness (QED) is 0.307. The van der Waals surface area contributed by atoms with Gasteiger partial charge in [-0.05, 0) is 54.5 Å². The third kappa shape index (κ3) is 8.44. The zero-order valence-electron chi connectivity index (χ0n) is 23.6. The molecule has 0 aromatic heterocycles. The van der Waals surface area contributed by atoms with E-state index in [-0.39, 0.29) is 24.5 Å². The lowest BCUT2D eigenvalue weighted by Gasteiger charge is -2.33. The van der Waals surface area contributed by atoms with Crippen LogP contribution in [0.5, 0.6) is 5.75 Å². The van der Waals surface area contributed by atoms with Gasteiger partial charge in [0.15, 0.2) is 6.61 Å². The van der Waals surface area contributed by atoms with Gasteiger partial charge in [-0.25, -0.2) is 0 Å². The maximum absolute atomic E-state index is 13.8. The number of hydrogen-bond acceptors (Lipinski definition) is 3. The number of carbonyl (C=O) groups is 2. The van der Waals surface area contributed by atoms with Crippen molar-refractivity contribution in [3.05, 3.63) is 101 Å². The molecule has 4 rings (SSSR count).